The van der Waals surface area contributed by atoms with E-state index in [0.29, 0.717) is 35.9 Å². The minimum Gasteiger partial charge on any atom is -0.382 e. The topological polar surface area (TPSA) is 119 Å². The summed E-state index contributed by atoms with van der Waals surface area (Å²) in [5, 5.41) is 2.79. The summed E-state index contributed by atoms with van der Waals surface area (Å²) in [6.45, 7) is 3.46. The number of fused-ring (bicyclic) bond motifs is 1. The highest BCUT2D eigenvalue weighted by Crippen LogP contribution is 2.34. The maximum absolute atomic E-state index is 12.6. The number of anilines is 2. The lowest BCUT2D eigenvalue weighted by molar-refractivity contribution is -0.132. The van der Waals surface area contributed by atoms with Crippen LogP contribution in [0.2, 0.25) is 0 Å². The van der Waals surface area contributed by atoms with E-state index in [2.05, 4.69) is 15.3 Å². The standard InChI is InChI=1S/C27H29N7O2/c1-2-6-22(35)33-15-5-7-20(17-33)26-32-23(24-25(28)30-14-16-34(24)26)18-9-11-19(12-10-18)27(36)31-21-8-3-4-13-29-21/h3-4,8-14,16,20H,2,5-7,15,17H2,1H3,(H2,28,30)(H,29,31,36)/t20-/m1/s1. The van der Waals surface area contributed by atoms with Gasteiger partial charge in [0.15, 0.2) is 0 Å². The molecule has 5 rings (SSSR count). The van der Waals surface area contributed by atoms with Gasteiger partial charge in [-0.2, -0.15) is 0 Å². The number of carbonyl (C=O) groups excluding carboxylic acids is 2. The number of imidazole rings is 1. The van der Waals surface area contributed by atoms with E-state index in [1.54, 1.807) is 36.7 Å². The highest BCUT2D eigenvalue weighted by Gasteiger charge is 2.29. The third kappa shape index (κ3) is 4.64. The van der Waals surface area contributed by atoms with Gasteiger partial charge in [0, 0.05) is 55.1 Å². The highest BCUT2D eigenvalue weighted by atomic mass is 16.2. The van der Waals surface area contributed by atoms with Crippen molar-refractivity contribution in [3.63, 3.8) is 0 Å². The monoisotopic (exact) mass is 483 g/mol. The van der Waals surface area contributed by atoms with Crippen LogP contribution in [-0.2, 0) is 4.79 Å². The van der Waals surface area contributed by atoms with Crippen molar-refractivity contribution in [2.24, 2.45) is 0 Å². The van der Waals surface area contributed by atoms with Crippen LogP contribution in [0.1, 0.15) is 54.7 Å². The van der Waals surface area contributed by atoms with Gasteiger partial charge < -0.3 is 16.0 Å². The number of rotatable bonds is 6. The van der Waals surface area contributed by atoms with Crippen molar-refractivity contribution < 1.29 is 9.59 Å². The number of amides is 2. The Balaban J connectivity index is 1.45. The molecule has 1 atom stereocenters. The number of hydrogen-bond donors (Lipinski definition) is 2. The molecule has 184 valence electrons. The number of nitrogens with zero attached hydrogens (tertiary/aromatic N) is 5. The number of nitrogens with two attached hydrogens (primary N) is 1. The van der Waals surface area contributed by atoms with Crippen molar-refractivity contribution in [1.82, 2.24) is 24.3 Å². The summed E-state index contributed by atoms with van der Waals surface area (Å²) in [5.41, 5.74) is 9.10. The first-order chi connectivity index (χ1) is 17.5. The van der Waals surface area contributed by atoms with E-state index < -0.39 is 0 Å². The average molecular weight is 484 g/mol. The largest absolute Gasteiger partial charge is 0.382 e. The maximum atomic E-state index is 12.6. The number of likely N-dealkylation sites (tertiary alicyclic amines) is 1. The number of pyridine rings is 1. The van der Waals surface area contributed by atoms with E-state index >= 15 is 0 Å². The molecule has 9 nitrogen and oxygen atoms in total. The third-order valence-corrected chi connectivity index (χ3v) is 6.54. The molecule has 1 saturated heterocycles. The maximum Gasteiger partial charge on any atom is 0.256 e. The Labute approximate surface area is 209 Å². The smallest absolute Gasteiger partial charge is 0.256 e. The van der Waals surface area contributed by atoms with Crippen molar-refractivity contribution in [2.75, 3.05) is 24.1 Å². The minimum absolute atomic E-state index is 0.103. The quantitative estimate of drug-likeness (QED) is 0.426. The molecule has 0 aliphatic carbocycles. The Bertz CT molecular complexity index is 1380. The summed E-state index contributed by atoms with van der Waals surface area (Å²) in [6, 6.07) is 12.6. The highest BCUT2D eigenvalue weighted by molar-refractivity contribution is 6.04. The Morgan fingerprint density at radius 2 is 1.94 bits per heavy atom. The van der Waals surface area contributed by atoms with Crippen LogP contribution in [0.5, 0.6) is 0 Å². The summed E-state index contributed by atoms with van der Waals surface area (Å²) in [4.78, 5) is 40.6. The average Bonchev–Trinajstić information content (AvgIpc) is 3.31. The molecule has 0 spiro atoms. The first-order valence-electron chi connectivity index (χ1n) is 12.3. The molecule has 4 aromatic rings. The number of nitrogens with one attached hydrogen (secondary N) is 1. The molecule has 3 N–H and O–H groups in total. The normalized spacial score (nSPS) is 15.7. The minimum atomic E-state index is -0.240. The predicted octanol–water partition coefficient (Wildman–Crippen LogP) is 4.13. The number of carbonyl (C=O) groups is 2. The molecule has 36 heavy (non-hydrogen) atoms. The van der Waals surface area contributed by atoms with E-state index in [1.807, 2.05) is 40.6 Å². The Kier molecular flexibility index (Phi) is 6.62. The van der Waals surface area contributed by atoms with Crippen LogP contribution >= 0.6 is 0 Å². The van der Waals surface area contributed by atoms with Gasteiger partial charge in [0.25, 0.3) is 5.91 Å². The number of piperidine rings is 1. The van der Waals surface area contributed by atoms with Gasteiger partial charge >= 0.3 is 0 Å². The van der Waals surface area contributed by atoms with Gasteiger partial charge in [-0.15, -0.1) is 0 Å². The SMILES string of the molecule is CCCC(=O)N1CCC[C@@H](c2nc(-c3ccc(C(=O)Nc4ccccn4)cc3)c3c(N)nccn23)C1. The van der Waals surface area contributed by atoms with Crippen LogP contribution in [0.25, 0.3) is 16.8 Å². The van der Waals surface area contributed by atoms with Crippen molar-refractivity contribution in [1.29, 1.82) is 0 Å². The van der Waals surface area contributed by atoms with Gasteiger partial charge in [0.1, 0.15) is 28.7 Å². The van der Waals surface area contributed by atoms with E-state index in [4.69, 9.17) is 10.7 Å². The van der Waals surface area contributed by atoms with Crippen molar-refractivity contribution in [2.45, 2.75) is 38.5 Å². The lowest BCUT2D eigenvalue weighted by atomic mass is 9.97. The summed E-state index contributed by atoms with van der Waals surface area (Å²) in [6.07, 6.45) is 8.47. The van der Waals surface area contributed by atoms with Gasteiger partial charge in [-0.25, -0.2) is 15.0 Å². The van der Waals surface area contributed by atoms with Gasteiger partial charge in [-0.3, -0.25) is 14.0 Å². The zero-order valence-corrected chi connectivity index (χ0v) is 20.2. The molecule has 9 heteroatoms. The molecular weight excluding hydrogens is 454 g/mol. The molecule has 4 heterocycles. The third-order valence-electron chi connectivity index (χ3n) is 6.54. The first-order valence-corrected chi connectivity index (χ1v) is 12.3. The van der Waals surface area contributed by atoms with Gasteiger partial charge in [0.2, 0.25) is 5.91 Å². The number of nitrogen functional groups attached to an aromatic ring is 1. The van der Waals surface area contributed by atoms with E-state index in [9.17, 15) is 9.59 Å². The second-order valence-corrected chi connectivity index (χ2v) is 9.03. The van der Waals surface area contributed by atoms with E-state index in [-0.39, 0.29) is 17.7 Å². The zero-order chi connectivity index (χ0) is 25.1. The predicted molar refractivity (Wildman–Crippen MR) is 138 cm³/mol. The molecule has 0 unspecified atom stereocenters. The van der Waals surface area contributed by atoms with Gasteiger partial charge in [-0.05, 0) is 43.5 Å². The molecule has 0 radical (unpaired) electrons. The number of hydrogen-bond acceptors (Lipinski definition) is 6. The molecule has 0 saturated carbocycles. The van der Waals surface area contributed by atoms with Crippen molar-refractivity contribution >= 4 is 29.0 Å². The number of benzene rings is 1. The molecular formula is C27H29N7O2. The summed E-state index contributed by atoms with van der Waals surface area (Å²) in [5.74, 6) is 1.82. The van der Waals surface area contributed by atoms with Gasteiger partial charge in [-0.1, -0.05) is 25.1 Å². The summed E-state index contributed by atoms with van der Waals surface area (Å²) in [7, 11) is 0. The van der Waals surface area contributed by atoms with Crippen LogP contribution in [0.15, 0.2) is 61.1 Å². The van der Waals surface area contributed by atoms with Crippen LogP contribution in [0.4, 0.5) is 11.6 Å². The fourth-order valence-electron chi connectivity index (χ4n) is 4.77. The molecule has 2 amide bonds. The lowest BCUT2D eigenvalue weighted by Gasteiger charge is -2.32. The molecule has 1 aromatic carbocycles. The Hall–Kier alpha value is -4.27. The molecule has 0 bridgehead atoms. The fourth-order valence-corrected chi connectivity index (χ4v) is 4.77. The second-order valence-electron chi connectivity index (χ2n) is 9.03. The van der Waals surface area contributed by atoms with Crippen LogP contribution in [0.3, 0.4) is 0 Å². The molecule has 3 aromatic heterocycles. The fraction of sp³-hybridized carbons (Fsp3) is 0.296. The van der Waals surface area contributed by atoms with Crippen molar-refractivity contribution in [3.05, 3.63) is 72.4 Å². The summed E-state index contributed by atoms with van der Waals surface area (Å²) >= 11 is 0. The Morgan fingerprint density at radius 1 is 1.11 bits per heavy atom. The van der Waals surface area contributed by atoms with Gasteiger partial charge in [0.05, 0.1) is 0 Å². The zero-order valence-electron chi connectivity index (χ0n) is 20.2. The van der Waals surface area contributed by atoms with E-state index in [1.165, 1.54) is 0 Å². The lowest BCUT2D eigenvalue weighted by Crippen LogP contribution is -2.39. The second kappa shape index (κ2) is 10.2. The first kappa shape index (κ1) is 23.5. The summed E-state index contributed by atoms with van der Waals surface area (Å²) < 4.78 is 2.00. The van der Waals surface area contributed by atoms with Crippen LogP contribution < -0.4 is 11.1 Å². The number of aromatic nitrogens is 4. The van der Waals surface area contributed by atoms with Crippen molar-refractivity contribution in [3.8, 4) is 11.3 Å². The molecule has 1 aliphatic rings. The van der Waals surface area contributed by atoms with Crippen LogP contribution in [0, 0.1) is 0 Å². The van der Waals surface area contributed by atoms with Crippen LogP contribution in [-0.4, -0.2) is 49.2 Å². The Morgan fingerprint density at radius 3 is 2.69 bits per heavy atom. The molecule has 1 aliphatic heterocycles. The molecule has 1 fully saturated rings. The van der Waals surface area contributed by atoms with E-state index in [0.717, 1.165) is 42.7 Å².